The number of nitrogens with one attached hydrogen (secondary N) is 1. The van der Waals surface area contributed by atoms with Crippen LogP contribution in [0.3, 0.4) is 0 Å². The lowest BCUT2D eigenvalue weighted by Crippen LogP contribution is -2.45. The number of pyridine rings is 2. The molecule has 3 aromatic heterocycles. The molecule has 5 N–H and O–H groups in total. The summed E-state index contributed by atoms with van der Waals surface area (Å²) in [6.45, 7) is 0.405. The smallest absolute Gasteiger partial charge is 0.383 e. The van der Waals surface area contributed by atoms with Crippen LogP contribution in [0.5, 0.6) is 0 Å². The maximum atomic E-state index is 13.1. The number of imidazole rings is 1. The number of halogens is 3. The number of aromatic nitrogens is 3. The largest absolute Gasteiger partial charge is 0.419 e. The molecule has 0 unspecified atom stereocenters. The Morgan fingerprint density at radius 3 is 2.68 bits per heavy atom. The molecule has 0 aromatic carbocycles. The molecule has 12 heteroatoms. The SMILES string of the molecule is NC(=O)[C@@H]1CCCN1C(=O)Nc1cn2cc(-c3cnc(N)c(C(F)(F)F)c3)ccc2n1. The van der Waals surface area contributed by atoms with E-state index < -0.39 is 35.5 Å². The third kappa shape index (κ3) is 3.96. The van der Waals surface area contributed by atoms with Crippen LogP contribution in [0.1, 0.15) is 18.4 Å². The van der Waals surface area contributed by atoms with Gasteiger partial charge in [0.2, 0.25) is 5.91 Å². The maximum absolute atomic E-state index is 13.1. The lowest BCUT2D eigenvalue weighted by atomic mass is 10.1. The van der Waals surface area contributed by atoms with Gasteiger partial charge in [-0.05, 0) is 31.0 Å². The van der Waals surface area contributed by atoms with E-state index >= 15 is 0 Å². The summed E-state index contributed by atoms with van der Waals surface area (Å²) in [6.07, 6.45) is 0.886. The van der Waals surface area contributed by atoms with E-state index in [1.165, 1.54) is 17.3 Å². The Balaban J connectivity index is 1.59. The van der Waals surface area contributed by atoms with Crippen LogP contribution in [0, 0.1) is 0 Å². The van der Waals surface area contributed by atoms with Crippen molar-refractivity contribution in [3.8, 4) is 11.1 Å². The Morgan fingerprint density at radius 2 is 1.97 bits per heavy atom. The van der Waals surface area contributed by atoms with Gasteiger partial charge in [-0.3, -0.25) is 10.1 Å². The quantitative estimate of drug-likeness (QED) is 0.584. The molecule has 1 saturated heterocycles. The molecule has 0 spiro atoms. The van der Waals surface area contributed by atoms with E-state index in [4.69, 9.17) is 11.5 Å². The molecular weight excluding hydrogens is 415 g/mol. The van der Waals surface area contributed by atoms with E-state index in [2.05, 4.69) is 15.3 Å². The van der Waals surface area contributed by atoms with E-state index in [9.17, 15) is 22.8 Å². The fourth-order valence-electron chi connectivity index (χ4n) is 3.57. The van der Waals surface area contributed by atoms with E-state index in [-0.39, 0.29) is 11.4 Å². The number of alkyl halides is 3. The molecular formula is C19H18F3N7O2. The number of hydrogen-bond acceptors (Lipinski definition) is 5. The van der Waals surface area contributed by atoms with Crippen LogP contribution in [0.2, 0.25) is 0 Å². The van der Waals surface area contributed by atoms with Crippen molar-refractivity contribution in [3.63, 3.8) is 0 Å². The summed E-state index contributed by atoms with van der Waals surface area (Å²) >= 11 is 0. The number of nitrogen functional groups attached to an aromatic ring is 1. The summed E-state index contributed by atoms with van der Waals surface area (Å²) < 4.78 is 40.9. The number of hydrogen-bond donors (Lipinski definition) is 3. The van der Waals surface area contributed by atoms with Gasteiger partial charge in [0.05, 0.1) is 11.8 Å². The fraction of sp³-hybridized carbons (Fsp3) is 0.263. The number of carbonyl (C=O) groups excluding carboxylic acids is 2. The molecule has 3 aromatic rings. The summed E-state index contributed by atoms with van der Waals surface area (Å²) in [4.78, 5) is 33.3. The van der Waals surface area contributed by atoms with Gasteiger partial charge in [0.25, 0.3) is 0 Å². The molecule has 1 atom stereocenters. The third-order valence-corrected chi connectivity index (χ3v) is 5.09. The molecule has 3 amide bonds. The van der Waals surface area contributed by atoms with Gasteiger partial charge >= 0.3 is 12.2 Å². The van der Waals surface area contributed by atoms with Crippen molar-refractivity contribution >= 4 is 29.2 Å². The van der Waals surface area contributed by atoms with Crippen LogP contribution in [0.25, 0.3) is 16.8 Å². The zero-order valence-electron chi connectivity index (χ0n) is 16.1. The Bertz CT molecular complexity index is 1180. The number of anilines is 2. The first kappa shape index (κ1) is 20.4. The zero-order valence-corrected chi connectivity index (χ0v) is 16.1. The lowest BCUT2D eigenvalue weighted by Gasteiger charge is -2.21. The summed E-state index contributed by atoms with van der Waals surface area (Å²) in [6, 6.07) is 2.95. The van der Waals surface area contributed by atoms with Gasteiger partial charge in [-0.15, -0.1) is 0 Å². The fourth-order valence-corrected chi connectivity index (χ4v) is 3.57. The molecule has 0 radical (unpaired) electrons. The highest BCUT2D eigenvalue weighted by Crippen LogP contribution is 2.35. The monoisotopic (exact) mass is 433 g/mol. The number of carbonyl (C=O) groups is 2. The Labute approximate surface area is 173 Å². The average molecular weight is 433 g/mol. The molecule has 1 fully saturated rings. The molecule has 9 nitrogen and oxygen atoms in total. The van der Waals surface area contributed by atoms with Crippen molar-refractivity contribution in [2.75, 3.05) is 17.6 Å². The number of nitrogens with zero attached hydrogens (tertiary/aromatic N) is 4. The molecule has 4 rings (SSSR count). The first-order valence-corrected chi connectivity index (χ1v) is 9.32. The Hall–Kier alpha value is -3.83. The molecule has 4 heterocycles. The van der Waals surface area contributed by atoms with Crippen molar-refractivity contribution in [2.45, 2.75) is 25.1 Å². The van der Waals surface area contributed by atoms with Crippen molar-refractivity contribution in [1.29, 1.82) is 0 Å². The van der Waals surface area contributed by atoms with Crippen LogP contribution in [0.15, 0.2) is 36.8 Å². The van der Waals surface area contributed by atoms with E-state index in [1.54, 1.807) is 22.7 Å². The molecule has 1 aliphatic rings. The molecule has 31 heavy (non-hydrogen) atoms. The Kier molecular flexibility index (Phi) is 4.91. The average Bonchev–Trinajstić information content (AvgIpc) is 3.33. The standard InChI is InChI=1S/C19H18F3N7O2/c20-19(21,22)12-6-11(7-25-16(12)23)10-3-4-15-26-14(9-28(15)8-10)27-18(31)29-5-1-2-13(29)17(24)30/h3-4,6-9,13H,1-2,5H2,(H2,23,25)(H2,24,30)(H,27,31)/t13-/m0/s1. The van der Waals surface area contributed by atoms with Gasteiger partial charge in [-0.1, -0.05) is 0 Å². The normalized spacial score (nSPS) is 16.6. The second kappa shape index (κ2) is 7.45. The van der Waals surface area contributed by atoms with Crippen LogP contribution in [-0.2, 0) is 11.0 Å². The van der Waals surface area contributed by atoms with Gasteiger partial charge in [0, 0.05) is 30.1 Å². The highest BCUT2D eigenvalue weighted by Gasteiger charge is 2.34. The van der Waals surface area contributed by atoms with Gasteiger partial charge in [-0.25, -0.2) is 14.8 Å². The second-order valence-electron chi connectivity index (χ2n) is 7.15. The van der Waals surface area contributed by atoms with Crippen molar-refractivity contribution in [2.24, 2.45) is 5.73 Å². The van der Waals surface area contributed by atoms with Crippen molar-refractivity contribution in [1.82, 2.24) is 19.3 Å². The highest BCUT2D eigenvalue weighted by molar-refractivity contribution is 5.93. The third-order valence-electron chi connectivity index (χ3n) is 5.09. The van der Waals surface area contributed by atoms with Crippen LogP contribution in [-0.4, -0.2) is 43.8 Å². The van der Waals surface area contributed by atoms with Gasteiger partial charge < -0.3 is 20.8 Å². The minimum absolute atomic E-state index is 0.226. The van der Waals surface area contributed by atoms with Crippen LogP contribution < -0.4 is 16.8 Å². The summed E-state index contributed by atoms with van der Waals surface area (Å²) in [5.41, 5.74) is 10.8. The van der Waals surface area contributed by atoms with E-state index in [0.717, 1.165) is 6.07 Å². The predicted octanol–water partition coefficient (Wildman–Crippen LogP) is 2.48. The van der Waals surface area contributed by atoms with Gasteiger partial charge in [-0.2, -0.15) is 13.2 Å². The van der Waals surface area contributed by atoms with Crippen molar-refractivity contribution in [3.05, 3.63) is 42.4 Å². The number of likely N-dealkylation sites (tertiary alicyclic amines) is 1. The second-order valence-corrected chi connectivity index (χ2v) is 7.15. The first-order chi connectivity index (χ1) is 14.6. The number of nitrogens with two attached hydrogens (primary N) is 2. The summed E-state index contributed by atoms with van der Waals surface area (Å²) in [5, 5.41) is 2.62. The predicted molar refractivity (Wildman–Crippen MR) is 106 cm³/mol. The minimum Gasteiger partial charge on any atom is -0.383 e. The molecule has 1 aliphatic heterocycles. The lowest BCUT2D eigenvalue weighted by molar-refractivity contribution is -0.137. The number of primary amides is 1. The minimum atomic E-state index is -4.62. The van der Waals surface area contributed by atoms with Crippen LogP contribution in [0.4, 0.5) is 29.6 Å². The molecule has 0 aliphatic carbocycles. The summed E-state index contributed by atoms with van der Waals surface area (Å²) in [5.74, 6) is -0.938. The Morgan fingerprint density at radius 1 is 1.19 bits per heavy atom. The van der Waals surface area contributed by atoms with Crippen molar-refractivity contribution < 1.29 is 22.8 Å². The zero-order chi connectivity index (χ0) is 22.3. The molecule has 0 bridgehead atoms. The van der Waals surface area contributed by atoms with Gasteiger partial charge in [0.1, 0.15) is 17.5 Å². The number of fused-ring (bicyclic) bond motifs is 1. The van der Waals surface area contributed by atoms with Crippen LogP contribution >= 0.6 is 0 Å². The van der Waals surface area contributed by atoms with E-state index in [1.807, 2.05) is 0 Å². The number of urea groups is 1. The number of amides is 3. The first-order valence-electron chi connectivity index (χ1n) is 9.32. The number of rotatable bonds is 3. The topological polar surface area (TPSA) is 132 Å². The summed E-state index contributed by atoms with van der Waals surface area (Å²) in [7, 11) is 0. The molecule has 0 saturated carbocycles. The van der Waals surface area contributed by atoms with Gasteiger partial charge in [0.15, 0.2) is 5.82 Å². The molecule has 162 valence electrons. The highest BCUT2D eigenvalue weighted by atomic mass is 19.4. The van der Waals surface area contributed by atoms with E-state index in [0.29, 0.717) is 30.6 Å². The maximum Gasteiger partial charge on any atom is 0.419 e.